The summed E-state index contributed by atoms with van der Waals surface area (Å²) in [7, 11) is 3.27. The molecule has 0 saturated carbocycles. The van der Waals surface area contributed by atoms with Crippen molar-refractivity contribution in [3.63, 3.8) is 0 Å². The first-order valence-electron chi connectivity index (χ1n) is 10.8. The van der Waals surface area contributed by atoms with Crippen molar-refractivity contribution in [1.29, 1.82) is 0 Å². The molecule has 2 aromatic carbocycles. The summed E-state index contributed by atoms with van der Waals surface area (Å²) in [5.41, 5.74) is 1.10. The maximum absolute atomic E-state index is 12.7. The number of hydrogen-bond donors (Lipinski definition) is 0. The molecule has 1 saturated heterocycles. The highest BCUT2D eigenvalue weighted by molar-refractivity contribution is 5.78. The maximum Gasteiger partial charge on any atom is 0.260 e. The van der Waals surface area contributed by atoms with E-state index in [4.69, 9.17) is 18.6 Å². The molecule has 3 aromatic rings. The van der Waals surface area contributed by atoms with Gasteiger partial charge < -0.3 is 23.5 Å². The van der Waals surface area contributed by atoms with Gasteiger partial charge >= 0.3 is 0 Å². The summed E-state index contributed by atoms with van der Waals surface area (Å²) in [6.45, 7) is 1.31. The van der Waals surface area contributed by atoms with Crippen LogP contribution in [-0.4, -0.2) is 49.7 Å². The van der Waals surface area contributed by atoms with Crippen molar-refractivity contribution in [3.05, 3.63) is 71.9 Å². The van der Waals surface area contributed by atoms with E-state index < -0.39 is 0 Å². The van der Waals surface area contributed by atoms with Gasteiger partial charge in [0.25, 0.3) is 5.91 Å². The predicted octanol–water partition coefficient (Wildman–Crippen LogP) is 4.07. The molecule has 0 N–H and O–H groups in total. The summed E-state index contributed by atoms with van der Waals surface area (Å²) in [5, 5.41) is 0. The van der Waals surface area contributed by atoms with Crippen LogP contribution in [0.5, 0.6) is 17.2 Å². The molecule has 2 heterocycles. The minimum absolute atomic E-state index is 0.00568. The van der Waals surface area contributed by atoms with Crippen LogP contribution in [0, 0.1) is 0 Å². The molecule has 0 radical (unpaired) electrons. The van der Waals surface area contributed by atoms with Crippen molar-refractivity contribution < 1.29 is 23.4 Å². The first-order chi connectivity index (χ1) is 15.6. The fourth-order valence-electron chi connectivity index (χ4n) is 3.89. The van der Waals surface area contributed by atoms with Crippen LogP contribution < -0.4 is 14.2 Å². The lowest BCUT2D eigenvalue weighted by Crippen LogP contribution is -2.41. The fourth-order valence-corrected chi connectivity index (χ4v) is 3.89. The largest absolute Gasteiger partial charge is 0.497 e. The summed E-state index contributed by atoms with van der Waals surface area (Å²) in [6, 6.07) is 15.1. The SMILES string of the molecule is COc1ccc(OCC(=O)N2CCC[C@H](c3ncc(Cc4cccc(OC)c4)o3)C2)cc1. The van der Waals surface area contributed by atoms with Crippen molar-refractivity contribution in [3.8, 4) is 17.2 Å². The lowest BCUT2D eigenvalue weighted by Gasteiger charge is -2.31. The minimum Gasteiger partial charge on any atom is -0.497 e. The van der Waals surface area contributed by atoms with Gasteiger partial charge in [-0.3, -0.25) is 4.79 Å². The molecule has 1 fully saturated rings. The number of hydrogen-bond acceptors (Lipinski definition) is 6. The van der Waals surface area contributed by atoms with Crippen LogP contribution >= 0.6 is 0 Å². The molecule has 1 amide bonds. The van der Waals surface area contributed by atoms with Gasteiger partial charge in [-0.25, -0.2) is 4.98 Å². The molecule has 1 aliphatic heterocycles. The quantitative estimate of drug-likeness (QED) is 0.530. The van der Waals surface area contributed by atoms with Gasteiger partial charge in [-0.1, -0.05) is 12.1 Å². The highest BCUT2D eigenvalue weighted by atomic mass is 16.5. The number of likely N-dealkylation sites (tertiary alicyclic amines) is 1. The van der Waals surface area contributed by atoms with Crippen molar-refractivity contribution in [1.82, 2.24) is 9.88 Å². The normalized spacial score (nSPS) is 15.9. The van der Waals surface area contributed by atoms with Gasteiger partial charge in [0.15, 0.2) is 12.5 Å². The molecule has 0 bridgehead atoms. The zero-order valence-corrected chi connectivity index (χ0v) is 18.5. The van der Waals surface area contributed by atoms with Crippen LogP contribution in [-0.2, 0) is 11.2 Å². The van der Waals surface area contributed by atoms with E-state index in [0.29, 0.717) is 24.6 Å². The summed E-state index contributed by atoms with van der Waals surface area (Å²) >= 11 is 0. The Bertz CT molecular complexity index is 1030. The Morgan fingerprint density at radius 1 is 1.09 bits per heavy atom. The Balaban J connectivity index is 1.32. The molecule has 0 unspecified atom stereocenters. The van der Waals surface area contributed by atoms with Gasteiger partial charge in [0.05, 0.1) is 26.3 Å². The van der Waals surface area contributed by atoms with Crippen LogP contribution in [0.3, 0.4) is 0 Å². The molecule has 32 heavy (non-hydrogen) atoms. The molecule has 7 heteroatoms. The highest BCUT2D eigenvalue weighted by Gasteiger charge is 2.28. The average Bonchev–Trinajstić information content (AvgIpc) is 3.31. The second-order valence-electron chi connectivity index (χ2n) is 7.84. The molecule has 4 rings (SSSR count). The maximum atomic E-state index is 12.7. The van der Waals surface area contributed by atoms with Crippen molar-refractivity contribution >= 4 is 5.91 Å². The highest BCUT2D eigenvalue weighted by Crippen LogP contribution is 2.28. The Morgan fingerprint density at radius 2 is 1.88 bits per heavy atom. The van der Waals surface area contributed by atoms with E-state index in [-0.39, 0.29) is 18.4 Å². The smallest absolute Gasteiger partial charge is 0.260 e. The van der Waals surface area contributed by atoms with Gasteiger partial charge in [-0.2, -0.15) is 0 Å². The second kappa shape index (κ2) is 10.2. The Labute approximate surface area is 187 Å². The molecular formula is C25H28N2O5. The van der Waals surface area contributed by atoms with E-state index in [1.165, 1.54) is 0 Å². The third-order valence-electron chi connectivity index (χ3n) is 5.63. The summed E-state index contributed by atoms with van der Waals surface area (Å²) < 4.78 is 22.1. The van der Waals surface area contributed by atoms with E-state index in [1.54, 1.807) is 32.5 Å². The predicted molar refractivity (Wildman–Crippen MR) is 119 cm³/mol. The standard InChI is InChI=1S/C25H28N2O5/c1-29-20-8-10-21(11-9-20)31-17-24(28)27-12-4-6-19(16-27)25-26-15-23(32-25)14-18-5-3-7-22(13-18)30-2/h3,5,7-11,13,15,19H,4,6,12,14,16-17H2,1-2H3/t19-/m0/s1. The molecule has 1 aromatic heterocycles. The monoisotopic (exact) mass is 436 g/mol. The average molecular weight is 437 g/mol. The summed E-state index contributed by atoms with van der Waals surface area (Å²) in [4.78, 5) is 19.0. The molecule has 7 nitrogen and oxygen atoms in total. The second-order valence-corrected chi connectivity index (χ2v) is 7.84. The first kappa shape index (κ1) is 21.7. The van der Waals surface area contributed by atoms with Gasteiger partial charge in [0.2, 0.25) is 0 Å². The molecule has 0 spiro atoms. The number of carbonyl (C=O) groups excluding carboxylic acids is 1. The first-order valence-corrected chi connectivity index (χ1v) is 10.8. The van der Waals surface area contributed by atoms with E-state index >= 15 is 0 Å². The topological polar surface area (TPSA) is 74.0 Å². The number of piperidine rings is 1. The molecule has 1 atom stereocenters. The number of benzene rings is 2. The van der Waals surface area contributed by atoms with Crippen LogP contribution in [0.25, 0.3) is 0 Å². The molecule has 168 valence electrons. The van der Waals surface area contributed by atoms with Gasteiger partial charge in [0.1, 0.15) is 23.0 Å². The Hall–Kier alpha value is -3.48. The number of ether oxygens (including phenoxy) is 3. The Morgan fingerprint density at radius 3 is 2.66 bits per heavy atom. The van der Waals surface area contributed by atoms with Gasteiger partial charge in [-0.15, -0.1) is 0 Å². The van der Waals surface area contributed by atoms with E-state index in [1.807, 2.05) is 41.3 Å². The van der Waals surface area contributed by atoms with E-state index in [0.717, 1.165) is 42.2 Å². The van der Waals surface area contributed by atoms with Gasteiger partial charge in [-0.05, 0) is 54.8 Å². The molecular weight excluding hydrogens is 408 g/mol. The number of nitrogens with zero attached hydrogens (tertiary/aromatic N) is 2. The van der Waals surface area contributed by atoms with Gasteiger partial charge in [0, 0.05) is 19.5 Å². The number of rotatable bonds is 8. The van der Waals surface area contributed by atoms with Crippen LogP contribution in [0.1, 0.15) is 36.0 Å². The zero-order chi connectivity index (χ0) is 22.3. The third-order valence-corrected chi connectivity index (χ3v) is 5.63. The van der Waals surface area contributed by atoms with Crippen molar-refractivity contribution in [2.75, 3.05) is 33.9 Å². The number of aromatic nitrogens is 1. The molecule has 0 aliphatic carbocycles. The lowest BCUT2D eigenvalue weighted by atomic mass is 9.98. The minimum atomic E-state index is -0.0336. The molecule has 1 aliphatic rings. The van der Waals surface area contributed by atoms with Crippen LogP contribution in [0.15, 0.2) is 59.1 Å². The zero-order valence-electron chi connectivity index (χ0n) is 18.5. The summed E-state index contributed by atoms with van der Waals surface area (Å²) in [5.74, 6) is 3.76. The Kier molecular flexibility index (Phi) is 6.94. The number of oxazole rings is 1. The number of methoxy groups -OCH3 is 2. The third kappa shape index (κ3) is 5.41. The summed E-state index contributed by atoms with van der Waals surface area (Å²) in [6.07, 6.45) is 4.28. The van der Waals surface area contributed by atoms with Crippen LogP contribution in [0.2, 0.25) is 0 Å². The van der Waals surface area contributed by atoms with Crippen molar-refractivity contribution in [2.24, 2.45) is 0 Å². The van der Waals surface area contributed by atoms with E-state index in [9.17, 15) is 4.79 Å². The lowest BCUT2D eigenvalue weighted by molar-refractivity contribution is -0.134. The van der Waals surface area contributed by atoms with Crippen molar-refractivity contribution in [2.45, 2.75) is 25.2 Å². The fraction of sp³-hybridized carbons (Fsp3) is 0.360. The number of carbonyl (C=O) groups is 1. The number of amides is 1. The van der Waals surface area contributed by atoms with E-state index in [2.05, 4.69) is 4.98 Å². The van der Waals surface area contributed by atoms with Crippen LogP contribution in [0.4, 0.5) is 0 Å².